The second-order valence-corrected chi connectivity index (χ2v) is 6.49. The van der Waals surface area contributed by atoms with E-state index in [0.29, 0.717) is 6.61 Å². The Balaban J connectivity index is 1.54. The molecule has 1 heterocycles. The minimum atomic E-state index is -0.246. The summed E-state index contributed by atoms with van der Waals surface area (Å²) in [7, 11) is 0. The summed E-state index contributed by atoms with van der Waals surface area (Å²) in [6, 6.07) is 26.1. The van der Waals surface area contributed by atoms with Crippen molar-refractivity contribution in [1.82, 2.24) is 0 Å². The first-order valence-corrected chi connectivity index (χ1v) is 8.92. The number of aldehydes is 1. The lowest BCUT2D eigenvalue weighted by Crippen LogP contribution is -2.36. The van der Waals surface area contributed by atoms with Crippen molar-refractivity contribution in [3.63, 3.8) is 0 Å². The van der Waals surface area contributed by atoms with Gasteiger partial charge >= 0.3 is 0 Å². The van der Waals surface area contributed by atoms with Crippen LogP contribution in [-0.2, 0) is 17.8 Å². The van der Waals surface area contributed by atoms with Gasteiger partial charge in [-0.15, -0.1) is 0 Å². The molecule has 0 aromatic heterocycles. The van der Waals surface area contributed by atoms with Gasteiger partial charge in [-0.05, 0) is 47.4 Å². The van der Waals surface area contributed by atoms with Crippen LogP contribution in [0.5, 0.6) is 5.75 Å². The quantitative estimate of drug-likeness (QED) is 0.636. The van der Waals surface area contributed by atoms with E-state index < -0.39 is 0 Å². The summed E-state index contributed by atoms with van der Waals surface area (Å²) in [5.74, 6) is 0.852. The van der Waals surface area contributed by atoms with Gasteiger partial charge < -0.3 is 14.4 Å². The molecule has 0 radical (unpaired) electrons. The highest BCUT2D eigenvalue weighted by Crippen LogP contribution is 2.34. The summed E-state index contributed by atoms with van der Waals surface area (Å²) in [6.45, 7) is 1.37. The Labute approximate surface area is 153 Å². The number of carbonyl (C=O) groups is 1. The molecular weight excluding hydrogens is 322 g/mol. The molecule has 0 amide bonds. The molecule has 3 nitrogen and oxygen atoms in total. The molecule has 4 rings (SSSR count). The topological polar surface area (TPSA) is 29.5 Å². The number of hydrogen-bond acceptors (Lipinski definition) is 3. The number of hydrogen-bond donors (Lipinski definition) is 0. The summed E-state index contributed by atoms with van der Waals surface area (Å²) in [5, 5.41) is 0. The van der Waals surface area contributed by atoms with E-state index in [-0.39, 0.29) is 6.04 Å². The number of nitrogens with zero attached hydrogens (tertiary/aromatic N) is 1. The van der Waals surface area contributed by atoms with Crippen LogP contribution in [-0.4, -0.2) is 12.8 Å². The summed E-state index contributed by atoms with van der Waals surface area (Å²) in [5.41, 5.74) is 4.49. The van der Waals surface area contributed by atoms with Gasteiger partial charge in [0.1, 0.15) is 24.7 Å². The molecule has 0 saturated heterocycles. The molecule has 26 heavy (non-hydrogen) atoms. The number of benzene rings is 3. The number of fused-ring (bicyclic) bond motifs is 1. The molecule has 0 aliphatic carbocycles. The van der Waals surface area contributed by atoms with Crippen LogP contribution in [0.15, 0.2) is 78.9 Å². The first-order valence-electron chi connectivity index (χ1n) is 8.92. The average molecular weight is 343 g/mol. The minimum Gasteiger partial charge on any atom is -0.489 e. The highest BCUT2D eigenvalue weighted by molar-refractivity contribution is 5.71. The van der Waals surface area contributed by atoms with Crippen LogP contribution in [0.25, 0.3) is 0 Å². The minimum absolute atomic E-state index is 0.246. The van der Waals surface area contributed by atoms with Gasteiger partial charge in [0, 0.05) is 12.2 Å². The molecule has 3 aromatic rings. The molecule has 1 atom stereocenters. The number of rotatable bonds is 5. The maximum Gasteiger partial charge on any atom is 0.146 e. The Kier molecular flexibility index (Phi) is 4.69. The summed E-state index contributed by atoms with van der Waals surface area (Å²) in [6.07, 6.45) is 1.94. The van der Waals surface area contributed by atoms with Crippen LogP contribution in [0.2, 0.25) is 0 Å². The van der Waals surface area contributed by atoms with E-state index in [1.165, 1.54) is 5.56 Å². The smallest absolute Gasteiger partial charge is 0.146 e. The third-order valence-electron chi connectivity index (χ3n) is 4.86. The lowest BCUT2D eigenvalue weighted by molar-refractivity contribution is -0.109. The Morgan fingerprint density at radius 2 is 1.69 bits per heavy atom. The second-order valence-electron chi connectivity index (χ2n) is 6.49. The molecule has 1 aliphatic rings. The standard InChI is InChI=1S/C23H21NO2/c25-16-23-22-12-11-21(26-17-18-7-3-1-4-8-18)15-19(22)13-14-24(23)20-9-5-2-6-10-20/h1-12,15-16,23H,13-14,17H2. The average Bonchev–Trinajstić information content (AvgIpc) is 2.72. The molecule has 0 spiro atoms. The predicted molar refractivity (Wildman–Crippen MR) is 104 cm³/mol. The number of carbonyl (C=O) groups excluding carboxylic acids is 1. The zero-order chi connectivity index (χ0) is 17.8. The van der Waals surface area contributed by atoms with Gasteiger partial charge in [0.2, 0.25) is 0 Å². The number of ether oxygens (including phenoxy) is 1. The molecular formula is C23H21NO2. The zero-order valence-electron chi connectivity index (χ0n) is 14.5. The fraction of sp³-hybridized carbons (Fsp3) is 0.174. The fourth-order valence-electron chi connectivity index (χ4n) is 3.52. The first kappa shape index (κ1) is 16.4. The Morgan fingerprint density at radius 1 is 0.962 bits per heavy atom. The van der Waals surface area contributed by atoms with E-state index >= 15 is 0 Å². The fourth-order valence-corrected chi connectivity index (χ4v) is 3.52. The van der Waals surface area contributed by atoms with Crippen LogP contribution in [0.3, 0.4) is 0 Å². The third kappa shape index (κ3) is 3.33. The maximum absolute atomic E-state index is 11.8. The van der Waals surface area contributed by atoms with Gasteiger partial charge in [0.05, 0.1) is 0 Å². The van der Waals surface area contributed by atoms with Gasteiger partial charge in [-0.2, -0.15) is 0 Å². The van der Waals surface area contributed by atoms with Crippen molar-refractivity contribution in [2.24, 2.45) is 0 Å². The molecule has 0 bridgehead atoms. The second kappa shape index (κ2) is 7.44. The van der Waals surface area contributed by atoms with Crippen molar-refractivity contribution < 1.29 is 9.53 Å². The van der Waals surface area contributed by atoms with Crippen molar-refractivity contribution in [1.29, 1.82) is 0 Å². The van der Waals surface area contributed by atoms with E-state index in [9.17, 15) is 4.79 Å². The van der Waals surface area contributed by atoms with E-state index in [1.54, 1.807) is 0 Å². The highest BCUT2D eigenvalue weighted by Gasteiger charge is 2.27. The van der Waals surface area contributed by atoms with Crippen LogP contribution >= 0.6 is 0 Å². The number of para-hydroxylation sites is 1. The van der Waals surface area contributed by atoms with E-state index in [1.807, 2.05) is 48.5 Å². The lowest BCUT2D eigenvalue weighted by Gasteiger charge is -2.36. The number of anilines is 1. The molecule has 1 unspecified atom stereocenters. The highest BCUT2D eigenvalue weighted by atomic mass is 16.5. The lowest BCUT2D eigenvalue weighted by atomic mass is 9.92. The predicted octanol–water partition coefficient (Wildman–Crippen LogP) is 4.57. The zero-order valence-corrected chi connectivity index (χ0v) is 14.5. The van der Waals surface area contributed by atoms with Gasteiger partial charge in [-0.1, -0.05) is 54.6 Å². The maximum atomic E-state index is 11.8. The molecule has 0 fully saturated rings. The normalized spacial score (nSPS) is 16.0. The van der Waals surface area contributed by atoms with Crippen molar-refractivity contribution >= 4 is 12.0 Å². The van der Waals surface area contributed by atoms with E-state index in [2.05, 4.69) is 35.2 Å². The Bertz CT molecular complexity index is 877. The molecule has 0 N–H and O–H groups in total. The van der Waals surface area contributed by atoms with Crippen molar-refractivity contribution in [3.05, 3.63) is 95.6 Å². The molecule has 1 aliphatic heterocycles. The summed E-state index contributed by atoms with van der Waals surface area (Å²) >= 11 is 0. The molecule has 3 heteroatoms. The van der Waals surface area contributed by atoms with Crippen molar-refractivity contribution in [2.75, 3.05) is 11.4 Å². The monoisotopic (exact) mass is 343 g/mol. The van der Waals surface area contributed by atoms with Crippen LogP contribution in [0.1, 0.15) is 22.7 Å². The molecule has 130 valence electrons. The molecule has 3 aromatic carbocycles. The third-order valence-corrected chi connectivity index (χ3v) is 4.86. The van der Waals surface area contributed by atoms with Crippen LogP contribution in [0, 0.1) is 0 Å². The van der Waals surface area contributed by atoms with E-state index in [4.69, 9.17) is 4.74 Å². The summed E-state index contributed by atoms with van der Waals surface area (Å²) < 4.78 is 5.94. The van der Waals surface area contributed by atoms with E-state index in [0.717, 1.165) is 41.8 Å². The van der Waals surface area contributed by atoms with Crippen molar-refractivity contribution in [3.8, 4) is 5.75 Å². The van der Waals surface area contributed by atoms with Crippen LogP contribution < -0.4 is 9.64 Å². The van der Waals surface area contributed by atoms with Gasteiger partial charge in [0.25, 0.3) is 0 Å². The molecule has 0 saturated carbocycles. The van der Waals surface area contributed by atoms with Crippen LogP contribution in [0.4, 0.5) is 5.69 Å². The van der Waals surface area contributed by atoms with Crippen molar-refractivity contribution in [2.45, 2.75) is 19.1 Å². The Hall–Kier alpha value is -3.07. The van der Waals surface area contributed by atoms with Gasteiger partial charge in [0.15, 0.2) is 0 Å². The SMILES string of the molecule is O=CC1c2ccc(OCc3ccccc3)cc2CCN1c1ccccc1. The first-order chi connectivity index (χ1) is 12.8. The Morgan fingerprint density at radius 3 is 2.42 bits per heavy atom. The summed E-state index contributed by atoms with van der Waals surface area (Å²) in [4.78, 5) is 14.0. The van der Waals surface area contributed by atoms with Gasteiger partial charge in [-0.3, -0.25) is 0 Å². The largest absolute Gasteiger partial charge is 0.489 e. The van der Waals surface area contributed by atoms with Gasteiger partial charge in [-0.25, -0.2) is 0 Å².